The van der Waals surface area contributed by atoms with Gasteiger partial charge in [0.25, 0.3) is 0 Å². The predicted octanol–water partition coefficient (Wildman–Crippen LogP) is 17.8. The van der Waals surface area contributed by atoms with E-state index in [2.05, 4.69) is 118 Å². The molecule has 1 atom stereocenters. The highest BCUT2D eigenvalue weighted by Crippen LogP contribution is 2.13. The minimum absolute atomic E-state index is 0.0996. The predicted molar refractivity (Wildman–Crippen MR) is 279 cm³/mol. The van der Waals surface area contributed by atoms with Crippen LogP contribution in [0.1, 0.15) is 239 Å². The molecule has 6 nitrogen and oxygen atoms in total. The van der Waals surface area contributed by atoms with Crippen molar-refractivity contribution in [2.45, 2.75) is 245 Å². The van der Waals surface area contributed by atoms with Gasteiger partial charge in [0.2, 0.25) is 0 Å². The van der Waals surface area contributed by atoms with E-state index in [0.717, 1.165) is 148 Å². The van der Waals surface area contributed by atoms with Crippen LogP contribution in [0.2, 0.25) is 0 Å². The van der Waals surface area contributed by atoms with Crippen LogP contribution in [0.15, 0.2) is 97.2 Å². The molecule has 0 aromatic rings. The van der Waals surface area contributed by atoms with Crippen LogP contribution in [0, 0.1) is 0 Å². The largest absolute Gasteiger partial charge is 0.462 e. The summed E-state index contributed by atoms with van der Waals surface area (Å²) in [6, 6.07) is 0. The smallest absolute Gasteiger partial charge is 0.306 e. The highest BCUT2D eigenvalue weighted by Gasteiger charge is 2.19. The summed E-state index contributed by atoms with van der Waals surface area (Å²) in [6.45, 7) is 6.42. The van der Waals surface area contributed by atoms with Crippen LogP contribution in [0.25, 0.3) is 0 Å². The second-order valence-electron chi connectivity index (χ2n) is 17.4. The van der Waals surface area contributed by atoms with Gasteiger partial charge in [-0.1, -0.05) is 195 Å². The molecular formula is C59H98O6. The molecule has 370 valence electrons. The summed E-state index contributed by atoms with van der Waals surface area (Å²) in [5.74, 6) is -0.952. The zero-order chi connectivity index (χ0) is 47.2. The van der Waals surface area contributed by atoms with E-state index in [9.17, 15) is 14.4 Å². The SMILES string of the molecule is CC/C=C\C/C=C\C/C=C\C/C=C\CCCCCCC(=O)OCC(COC(=O)CCCCCCC/C=C\C/C=C\CCCCC)OC(=O)CCCCCCC/C=C\C/C=C\CCCCC. The fourth-order valence-electron chi connectivity index (χ4n) is 7.02. The molecule has 0 fully saturated rings. The fraction of sp³-hybridized carbons (Fsp3) is 0.678. The van der Waals surface area contributed by atoms with Crippen LogP contribution >= 0.6 is 0 Å². The van der Waals surface area contributed by atoms with Crippen LogP contribution in [-0.2, 0) is 28.6 Å². The summed E-state index contributed by atoms with van der Waals surface area (Å²) in [4.78, 5) is 38.0. The summed E-state index contributed by atoms with van der Waals surface area (Å²) < 4.78 is 16.8. The molecular weight excluding hydrogens is 805 g/mol. The molecule has 0 saturated carbocycles. The van der Waals surface area contributed by atoms with E-state index in [0.29, 0.717) is 19.3 Å². The molecule has 0 radical (unpaired) electrons. The van der Waals surface area contributed by atoms with Gasteiger partial charge in [-0.25, -0.2) is 0 Å². The Bertz CT molecular complexity index is 1310. The lowest BCUT2D eigenvalue weighted by molar-refractivity contribution is -0.167. The minimum atomic E-state index is -0.802. The molecule has 0 aliphatic rings. The lowest BCUT2D eigenvalue weighted by Crippen LogP contribution is -2.30. The van der Waals surface area contributed by atoms with Crippen molar-refractivity contribution in [1.29, 1.82) is 0 Å². The van der Waals surface area contributed by atoms with Crippen LogP contribution in [-0.4, -0.2) is 37.2 Å². The number of hydrogen-bond donors (Lipinski definition) is 0. The van der Waals surface area contributed by atoms with E-state index in [1.165, 1.54) is 51.4 Å². The molecule has 0 bridgehead atoms. The van der Waals surface area contributed by atoms with Crippen molar-refractivity contribution in [3.05, 3.63) is 97.2 Å². The van der Waals surface area contributed by atoms with Crippen LogP contribution in [0.4, 0.5) is 0 Å². The Morgan fingerprint density at radius 1 is 0.323 bits per heavy atom. The lowest BCUT2D eigenvalue weighted by Gasteiger charge is -2.18. The Labute approximate surface area is 400 Å². The van der Waals surface area contributed by atoms with E-state index in [4.69, 9.17) is 14.2 Å². The third-order valence-electron chi connectivity index (χ3n) is 11.0. The van der Waals surface area contributed by atoms with Gasteiger partial charge in [-0.2, -0.15) is 0 Å². The first kappa shape index (κ1) is 61.3. The zero-order valence-corrected chi connectivity index (χ0v) is 42.2. The van der Waals surface area contributed by atoms with E-state index in [1.807, 2.05) is 0 Å². The summed E-state index contributed by atoms with van der Waals surface area (Å²) >= 11 is 0. The van der Waals surface area contributed by atoms with E-state index < -0.39 is 6.10 Å². The number of ether oxygens (including phenoxy) is 3. The summed E-state index contributed by atoms with van der Waals surface area (Å²) in [5, 5.41) is 0. The zero-order valence-electron chi connectivity index (χ0n) is 42.2. The van der Waals surface area contributed by atoms with Gasteiger partial charge in [0.05, 0.1) is 0 Å². The Morgan fingerprint density at radius 2 is 0.600 bits per heavy atom. The highest BCUT2D eigenvalue weighted by atomic mass is 16.6. The van der Waals surface area contributed by atoms with Crippen molar-refractivity contribution in [3.63, 3.8) is 0 Å². The van der Waals surface area contributed by atoms with E-state index in [1.54, 1.807) is 0 Å². The lowest BCUT2D eigenvalue weighted by atomic mass is 10.1. The molecule has 0 saturated heterocycles. The standard InChI is InChI=1S/C59H98O6/c1-4-7-10-13-16-19-22-25-28-29-32-34-37-40-43-46-49-52-58(61)64-55-56(65-59(62)53-50-47-44-41-38-35-31-27-24-21-18-15-12-9-6-3)54-63-57(60)51-48-45-42-39-36-33-30-26-23-20-17-14-11-8-5-2/h7,10,16-21,25-28,30-32,34,56H,4-6,8-9,11-15,22-24,29,33,35-55H2,1-3H3/b10-7-,19-16-,20-17-,21-18-,28-25-,30-26-,31-27-,34-32-. The molecule has 6 heteroatoms. The normalized spacial score (nSPS) is 12.8. The molecule has 0 rings (SSSR count). The number of hydrogen-bond acceptors (Lipinski definition) is 6. The first-order valence-electron chi connectivity index (χ1n) is 26.7. The van der Waals surface area contributed by atoms with Crippen molar-refractivity contribution in [2.24, 2.45) is 0 Å². The first-order valence-corrected chi connectivity index (χ1v) is 26.7. The average molecular weight is 903 g/mol. The molecule has 0 spiro atoms. The van der Waals surface area contributed by atoms with Gasteiger partial charge in [0.1, 0.15) is 13.2 Å². The third kappa shape index (κ3) is 51.2. The summed E-state index contributed by atoms with van der Waals surface area (Å²) in [5.41, 5.74) is 0. The number of carbonyl (C=O) groups excluding carboxylic acids is 3. The second-order valence-corrected chi connectivity index (χ2v) is 17.4. The van der Waals surface area contributed by atoms with Gasteiger partial charge in [0, 0.05) is 19.3 Å². The van der Waals surface area contributed by atoms with Gasteiger partial charge < -0.3 is 14.2 Å². The second kappa shape index (κ2) is 52.9. The van der Waals surface area contributed by atoms with Gasteiger partial charge in [-0.15, -0.1) is 0 Å². The van der Waals surface area contributed by atoms with Crippen molar-refractivity contribution >= 4 is 17.9 Å². The van der Waals surface area contributed by atoms with Crippen molar-refractivity contribution in [2.75, 3.05) is 13.2 Å². The average Bonchev–Trinajstić information content (AvgIpc) is 3.30. The molecule has 0 aliphatic heterocycles. The van der Waals surface area contributed by atoms with Gasteiger partial charge in [0.15, 0.2) is 6.10 Å². The van der Waals surface area contributed by atoms with Crippen LogP contribution < -0.4 is 0 Å². The Morgan fingerprint density at radius 3 is 0.938 bits per heavy atom. The van der Waals surface area contributed by atoms with E-state index in [-0.39, 0.29) is 31.1 Å². The molecule has 0 amide bonds. The quantitative estimate of drug-likeness (QED) is 0.0262. The first-order chi connectivity index (χ1) is 32.0. The summed E-state index contributed by atoms with van der Waals surface area (Å²) in [6.07, 6.45) is 69.5. The number of allylic oxidation sites excluding steroid dienone is 16. The molecule has 1 unspecified atom stereocenters. The number of rotatable bonds is 47. The van der Waals surface area contributed by atoms with Gasteiger partial charge >= 0.3 is 17.9 Å². The maximum absolute atomic E-state index is 12.8. The monoisotopic (exact) mass is 903 g/mol. The minimum Gasteiger partial charge on any atom is -0.462 e. The molecule has 0 heterocycles. The molecule has 65 heavy (non-hydrogen) atoms. The molecule has 0 aliphatic carbocycles. The Balaban J connectivity index is 4.49. The molecule has 0 aromatic heterocycles. The van der Waals surface area contributed by atoms with Crippen LogP contribution in [0.3, 0.4) is 0 Å². The van der Waals surface area contributed by atoms with Crippen molar-refractivity contribution in [3.8, 4) is 0 Å². The van der Waals surface area contributed by atoms with Crippen LogP contribution in [0.5, 0.6) is 0 Å². The Hall–Kier alpha value is -3.67. The van der Waals surface area contributed by atoms with Crippen molar-refractivity contribution in [1.82, 2.24) is 0 Å². The number of unbranched alkanes of at least 4 members (excludes halogenated alkanes) is 20. The number of carbonyl (C=O) groups is 3. The van der Waals surface area contributed by atoms with Crippen molar-refractivity contribution < 1.29 is 28.6 Å². The number of esters is 3. The molecule has 0 aromatic carbocycles. The van der Waals surface area contributed by atoms with Gasteiger partial charge in [-0.05, 0) is 122 Å². The third-order valence-corrected chi connectivity index (χ3v) is 11.0. The van der Waals surface area contributed by atoms with E-state index >= 15 is 0 Å². The molecule has 0 N–H and O–H groups in total. The van der Waals surface area contributed by atoms with Gasteiger partial charge in [-0.3, -0.25) is 14.4 Å². The fourth-order valence-corrected chi connectivity index (χ4v) is 7.02. The maximum atomic E-state index is 12.8. The highest BCUT2D eigenvalue weighted by molar-refractivity contribution is 5.71. The maximum Gasteiger partial charge on any atom is 0.306 e. The summed E-state index contributed by atoms with van der Waals surface area (Å²) in [7, 11) is 0. The Kier molecular flexibility index (Phi) is 50.0. The topological polar surface area (TPSA) is 78.9 Å².